The van der Waals surface area contributed by atoms with Gasteiger partial charge in [-0.1, -0.05) is 37.3 Å². The molecule has 0 bridgehead atoms. The smallest absolute Gasteiger partial charge is 0.0640 e. The van der Waals surface area contributed by atoms with E-state index >= 15 is 0 Å². The molecule has 0 saturated heterocycles. The van der Waals surface area contributed by atoms with Crippen LogP contribution in [0.4, 0.5) is 5.69 Å². The third kappa shape index (κ3) is 6.57. The van der Waals surface area contributed by atoms with Gasteiger partial charge in [0.25, 0.3) is 0 Å². The Kier molecular flexibility index (Phi) is 9.93. The minimum atomic E-state index is 0. The van der Waals surface area contributed by atoms with Crippen LogP contribution >= 0.6 is 12.4 Å². The van der Waals surface area contributed by atoms with E-state index in [0.717, 1.165) is 26.1 Å². The van der Waals surface area contributed by atoms with Crippen molar-refractivity contribution in [2.45, 2.75) is 53.1 Å². The average molecular weight is 386 g/mol. The Bertz CT molecular complexity index is 734. The molecule has 3 nitrogen and oxygen atoms in total. The molecule has 2 aromatic carbocycles. The number of hydrogen-bond donors (Lipinski definition) is 1. The van der Waals surface area contributed by atoms with Crippen LogP contribution in [0.1, 0.15) is 55.5 Å². The van der Waals surface area contributed by atoms with Crippen LogP contribution in [0.25, 0.3) is 0 Å². The van der Waals surface area contributed by atoms with E-state index in [4.69, 9.17) is 5.26 Å². The summed E-state index contributed by atoms with van der Waals surface area (Å²) >= 11 is 0. The van der Waals surface area contributed by atoms with E-state index in [-0.39, 0.29) is 12.4 Å². The number of rotatable bonds is 9. The summed E-state index contributed by atoms with van der Waals surface area (Å²) in [7, 11) is 0. The Labute approximate surface area is 170 Å². The predicted octanol–water partition coefficient (Wildman–Crippen LogP) is 5.57. The van der Waals surface area contributed by atoms with E-state index in [1.54, 1.807) is 0 Å². The fourth-order valence-electron chi connectivity index (χ4n) is 3.15. The molecule has 0 aliphatic heterocycles. The lowest BCUT2D eigenvalue weighted by molar-refractivity contribution is 0.573. The van der Waals surface area contributed by atoms with Gasteiger partial charge in [-0.05, 0) is 61.6 Å². The predicted molar refractivity (Wildman–Crippen MR) is 118 cm³/mol. The second kappa shape index (κ2) is 11.6. The van der Waals surface area contributed by atoms with Crippen molar-refractivity contribution in [3.05, 3.63) is 64.7 Å². The monoisotopic (exact) mass is 385 g/mol. The van der Waals surface area contributed by atoms with Crippen molar-refractivity contribution >= 4 is 18.1 Å². The molecule has 0 amide bonds. The number of anilines is 1. The molecule has 4 heteroatoms. The van der Waals surface area contributed by atoms with E-state index in [2.05, 4.69) is 86.4 Å². The first-order chi connectivity index (χ1) is 12.6. The van der Waals surface area contributed by atoms with Gasteiger partial charge < -0.3 is 10.2 Å². The van der Waals surface area contributed by atoms with Gasteiger partial charge in [0.15, 0.2) is 0 Å². The van der Waals surface area contributed by atoms with Crippen LogP contribution in [0.15, 0.2) is 42.5 Å². The lowest BCUT2D eigenvalue weighted by atomic mass is 10.0. The van der Waals surface area contributed by atoms with Gasteiger partial charge in [0, 0.05) is 31.4 Å². The highest BCUT2D eigenvalue weighted by Gasteiger charge is 2.09. The van der Waals surface area contributed by atoms with Crippen LogP contribution in [-0.4, -0.2) is 13.1 Å². The molecule has 0 radical (unpaired) electrons. The standard InChI is InChI=1S/C23H31N3.ClH/c1-5-20-8-10-21(11-9-20)19(4)25-17-22-12-13-23(16-18(22)3)26(6-2)15-7-14-24;/h8-13,16,19,25H,5-7,15,17H2,1-4H3;1H. The van der Waals surface area contributed by atoms with Gasteiger partial charge in [0.05, 0.1) is 12.5 Å². The third-order valence-electron chi connectivity index (χ3n) is 5.05. The number of halogens is 1. The Balaban J connectivity index is 0.00000364. The molecule has 0 aliphatic rings. The number of aryl methyl sites for hydroxylation is 2. The van der Waals surface area contributed by atoms with Gasteiger partial charge in [0.2, 0.25) is 0 Å². The highest BCUT2D eigenvalue weighted by molar-refractivity contribution is 5.85. The Morgan fingerprint density at radius 3 is 2.37 bits per heavy atom. The maximum Gasteiger partial charge on any atom is 0.0640 e. The van der Waals surface area contributed by atoms with Gasteiger partial charge in [-0.25, -0.2) is 0 Å². The van der Waals surface area contributed by atoms with Crippen molar-refractivity contribution in [3.63, 3.8) is 0 Å². The molecule has 1 unspecified atom stereocenters. The summed E-state index contributed by atoms with van der Waals surface area (Å²) < 4.78 is 0. The zero-order valence-corrected chi connectivity index (χ0v) is 17.8. The van der Waals surface area contributed by atoms with Crippen LogP contribution < -0.4 is 10.2 Å². The molecule has 0 aromatic heterocycles. The SMILES string of the molecule is CCc1ccc(C(C)NCc2ccc(N(CC)CCC#N)cc2C)cc1.Cl. The zero-order valence-electron chi connectivity index (χ0n) is 17.0. The van der Waals surface area contributed by atoms with Crippen LogP contribution in [0.2, 0.25) is 0 Å². The minimum absolute atomic E-state index is 0. The Morgan fingerprint density at radius 2 is 1.81 bits per heavy atom. The fraction of sp³-hybridized carbons (Fsp3) is 0.435. The molecule has 2 rings (SSSR count). The Morgan fingerprint density at radius 1 is 1.11 bits per heavy atom. The first-order valence-corrected chi connectivity index (χ1v) is 9.62. The third-order valence-corrected chi connectivity index (χ3v) is 5.05. The number of nitrogens with one attached hydrogen (secondary N) is 1. The quantitative estimate of drug-likeness (QED) is 0.613. The van der Waals surface area contributed by atoms with E-state index < -0.39 is 0 Å². The van der Waals surface area contributed by atoms with Gasteiger partial charge in [-0.15, -0.1) is 12.4 Å². The first kappa shape index (κ1) is 23.0. The number of nitrogens with zero attached hydrogens (tertiary/aromatic N) is 2. The van der Waals surface area contributed by atoms with E-state index in [1.165, 1.54) is 27.9 Å². The zero-order chi connectivity index (χ0) is 18.9. The van der Waals surface area contributed by atoms with Crippen LogP contribution in [0.3, 0.4) is 0 Å². The highest BCUT2D eigenvalue weighted by Crippen LogP contribution is 2.21. The lowest BCUT2D eigenvalue weighted by Crippen LogP contribution is -2.24. The summed E-state index contributed by atoms with van der Waals surface area (Å²) in [5.41, 5.74) is 6.52. The normalized spacial score (nSPS) is 11.4. The molecule has 2 aromatic rings. The van der Waals surface area contributed by atoms with E-state index in [1.807, 2.05) is 0 Å². The summed E-state index contributed by atoms with van der Waals surface area (Å²) in [4.78, 5) is 2.26. The summed E-state index contributed by atoms with van der Waals surface area (Å²) in [6.45, 7) is 11.3. The van der Waals surface area contributed by atoms with Crippen molar-refractivity contribution in [2.75, 3.05) is 18.0 Å². The largest absolute Gasteiger partial charge is 0.371 e. The molecule has 0 spiro atoms. The maximum absolute atomic E-state index is 8.82. The van der Waals surface area contributed by atoms with Crippen molar-refractivity contribution in [3.8, 4) is 6.07 Å². The summed E-state index contributed by atoms with van der Waals surface area (Å²) in [6, 6.07) is 18.0. The van der Waals surface area contributed by atoms with Gasteiger partial charge in [-0.3, -0.25) is 0 Å². The van der Waals surface area contributed by atoms with Gasteiger partial charge in [-0.2, -0.15) is 5.26 Å². The van der Waals surface area contributed by atoms with E-state index in [9.17, 15) is 0 Å². The highest BCUT2D eigenvalue weighted by atomic mass is 35.5. The lowest BCUT2D eigenvalue weighted by Gasteiger charge is -2.23. The Hall–Kier alpha value is -2.02. The molecule has 146 valence electrons. The number of nitriles is 1. The maximum atomic E-state index is 8.82. The van der Waals surface area contributed by atoms with Crippen LogP contribution in [0.5, 0.6) is 0 Å². The van der Waals surface area contributed by atoms with Gasteiger partial charge >= 0.3 is 0 Å². The summed E-state index contributed by atoms with van der Waals surface area (Å²) in [6.07, 6.45) is 1.64. The first-order valence-electron chi connectivity index (χ1n) is 9.62. The molecule has 1 N–H and O–H groups in total. The minimum Gasteiger partial charge on any atom is -0.371 e. The molecule has 1 atom stereocenters. The number of benzene rings is 2. The molecule has 0 fully saturated rings. The number of hydrogen-bond acceptors (Lipinski definition) is 3. The second-order valence-electron chi connectivity index (χ2n) is 6.80. The topological polar surface area (TPSA) is 39.1 Å². The molecule has 0 saturated carbocycles. The molecule has 27 heavy (non-hydrogen) atoms. The van der Waals surface area contributed by atoms with Crippen LogP contribution in [0, 0.1) is 18.3 Å². The van der Waals surface area contributed by atoms with Crippen molar-refractivity contribution in [2.24, 2.45) is 0 Å². The molecular formula is C23H32ClN3. The van der Waals surface area contributed by atoms with Crippen molar-refractivity contribution in [1.29, 1.82) is 5.26 Å². The van der Waals surface area contributed by atoms with Gasteiger partial charge in [0.1, 0.15) is 0 Å². The molecular weight excluding hydrogens is 354 g/mol. The summed E-state index contributed by atoms with van der Waals surface area (Å²) in [5, 5.41) is 12.5. The second-order valence-corrected chi connectivity index (χ2v) is 6.80. The van der Waals surface area contributed by atoms with E-state index in [0.29, 0.717) is 12.5 Å². The average Bonchev–Trinajstić information content (AvgIpc) is 2.67. The van der Waals surface area contributed by atoms with Crippen molar-refractivity contribution in [1.82, 2.24) is 5.32 Å². The molecule has 0 aliphatic carbocycles. The summed E-state index contributed by atoms with van der Waals surface area (Å²) in [5.74, 6) is 0. The molecule has 0 heterocycles. The van der Waals surface area contributed by atoms with Crippen molar-refractivity contribution < 1.29 is 0 Å². The fourth-order valence-corrected chi connectivity index (χ4v) is 3.15. The van der Waals surface area contributed by atoms with Crippen LogP contribution in [-0.2, 0) is 13.0 Å².